The van der Waals surface area contributed by atoms with Gasteiger partial charge in [-0.15, -0.1) is 0 Å². The van der Waals surface area contributed by atoms with Crippen LogP contribution in [0.3, 0.4) is 0 Å². The second kappa shape index (κ2) is 6.24. The number of rotatable bonds is 2. The maximum absolute atomic E-state index is 12.1. The number of aryl methyl sites for hydroxylation is 1. The SMILES string of the molecule is CC(=O)N1N=C(c2ccsc2)CC1c1cc2cccc(C)c2nc1Cl. The smallest absolute Gasteiger partial charge is 0.240 e. The van der Waals surface area contributed by atoms with Gasteiger partial charge in [0.25, 0.3) is 0 Å². The molecule has 2 aromatic heterocycles. The maximum atomic E-state index is 12.1. The van der Waals surface area contributed by atoms with Crippen molar-refractivity contribution in [2.75, 3.05) is 0 Å². The van der Waals surface area contributed by atoms with Crippen molar-refractivity contribution in [1.29, 1.82) is 0 Å². The number of hydrogen-bond donors (Lipinski definition) is 0. The van der Waals surface area contributed by atoms with Gasteiger partial charge >= 0.3 is 0 Å². The third-order valence-electron chi connectivity index (χ3n) is 4.47. The summed E-state index contributed by atoms with van der Waals surface area (Å²) >= 11 is 8.12. The Morgan fingerprint density at radius 1 is 1.36 bits per heavy atom. The second-order valence-corrected chi connectivity index (χ2v) is 7.30. The Morgan fingerprint density at radius 3 is 2.92 bits per heavy atom. The molecule has 0 radical (unpaired) electrons. The Bertz CT molecular complexity index is 997. The predicted octanol–water partition coefficient (Wildman–Crippen LogP) is 4.96. The van der Waals surface area contributed by atoms with Crippen molar-refractivity contribution in [1.82, 2.24) is 9.99 Å². The van der Waals surface area contributed by atoms with E-state index in [2.05, 4.69) is 10.1 Å². The number of benzene rings is 1. The molecule has 1 aliphatic heterocycles. The normalized spacial score (nSPS) is 17.2. The number of carbonyl (C=O) groups is 1. The zero-order valence-electron chi connectivity index (χ0n) is 13.9. The van der Waals surface area contributed by atoms with E-state index < -0.39 is 0 Å². The molecule has 4 nitrogen and oxygen atoms in total. The Kier molecular flexibility index (Phi) is 4.06. The van der Waals surface area contributed by atoms with Crippen LogP contribution in [0.25, 0.3) is 10.9 Å². The number of amides is 1. The number of halogens is 1. The second-order valence-electron chi connectivity index (χ2n) is 6.16. The van der Waals surface area contributed by atoms with Crippen LogP contribution < -0.4 is 0 Å². The van der Waals surface area contributed by atoms with Crippen LogP contribution in [-0.4, -0.2) is 21.6 Å². The highest BCUT2D eigenvalue weighted by molar-refractivity contribution is 7.08. The fraction of sp³-hybridized carbons (Fsp3) is 0.211. The summed E-state index contributed by atoms with van der Waals surface area (Å²) in [7, 11) is 0. The zero-order valence-corrected chi connectivity index (χ0v) is 15.4. The summed E-state index contributed by atoms with van der Waals surface area (Å²) in [6.07, 6.45) is 0.634. The van der Waals surface area contributed by atoms with Crippen LogP contribution in [-0.2, 0) is 4.79 Å². The first-order valence-electron chi connectivity index (χ1n) is 8.00. The highest BCUT2D eigenvalue weighted by atomic mass is 35.5. The van der Waals surface area contributed by atoms with Crippen LogP contribution in [0, 0.1) is 6.92 Å². The number of nitrogens with zero attached hydrogens (tertiary/aromatic N) is 3. The van der Waals surface area contributed by atoms with E-state index in [1.165, 1.54) is 11.9 Å². The van der Waals surface area contributed by atoms with Gasteiger partial charge in [0.05, 0.1) is 17.3 Å². The summed E-state index contributed by atoms with van der Waals surface area (Å²) in [6, 6.07) is 9.86. The molecule has 1 atom stereocenters. The highest BCUT2D eigenvalue weighted by Gasteiger charge is 2.33. The van der Waals surface area contributed by atoms with Crippen molar-refractivity contribution in [2.24, 2.45) is 5.10 Å². The molecule has 6 heteroatoms. The van der Waals surface area contributed by atoms with Crippen LogP contribution in [0.1, 0.15) is 36.1 Å². The monoisotopic (exact) mass is 369 g/mol. The largest absolute Gasteiger partial charge is 0.273 e. The molecule has 1 amide bonds. The van der Waals surface area contributed by atoms with Crippen molar-refractivity contribution in [3.8, 4) is 0 Å². The predicted molar refractivity (Wildman–Crippen MR) is 102 cm³/mol. The van der Waals surface area contributed by atoms with Crippen LogP contribution in [0.2, 0.25) is 5.15 Å². The van der Waals surface area contributed by atoms with E-state index in [1.807, 2.05) is 48.0 Å². The molecule has 1 unspecified atom stereocenters. The van der Waals surface area contributed by atoms with Crippen LogP contribution in [0.4, 0.5) is 0 Å². The lowest BCUT2D eigenvalue weighted by Gasteiger charge is -2.21. The third kappa shape index (κ3) is 2.83. The molecule has 0 fully saturated rings. The molecule has 3 heterocycles. The molecule has 1 aliphatic rings. The number of para-hydroxylation sites is 1. The Morgan fingerprint density at radius 2 is 2.20 bits per heavy atom. The van der Waals surface area contributed by atoms with Crippen molar-refractivity contribution in [3.63, 3.8) is 0 Å². The maximum Gasteiger partial charge on any atom is 0.240 e. The van der Waals surface area contributed by atoms with Gasteiger partial charge in [-0.3, -0.25) is 4.79 Å². The van der Waals surface area contributed by atoms with Gasteiger partial charge in [0, 0.05) is 29.9 Å². The van der Waals surface area contributed by atoms with Gasteiger partial charge in [-0.05, 0) is 35.4 Å². The highest BCUT2D eigenvalue weighted by Crippen LogP contribution is 2.37. The molecule has 0 aliphatic carbocycles. The van der Waals surface area contributed by atoms with Crippen molar-refractivity contribution >= 4 is 45.5 Å². The van der Waals surface area contributed by atoms with E-state index in [0.717, 1.165) is 33.3 Å². The molecular weight excluding hydrogens is 354 g/mol. The van der Waals surface area contributed by atoms with E-state index in [4.69, 9.17) is 11.6 Å². The van der Waals surface area contributed by atoms with Crippen molar-refractivity contribution in [3.05, 3.63) is 62.9 Å². The van der Waals surface area contributed by atoms with E-state index in [1.54, 1.807) is 11.3 Å². The number of hydrogen-bond acceptors (Lipinski definition) is 4. The molecule has 126 valence electrons. The Balaban J connectivity index is 1.80. The molecule has 1 aromatic carbocycles. The minimum Gasteiger partial charge on any atom is -0.273 e. The molecule has 25 heavy (non-hydrogen) atoms. The average molecular weight is 370 g/mol. The van der Waals surface area contributed by atoms with E-state index in [0.29, 0.717) is 11.6 Å². The average Bonchev–Trinajstić information content (AvgIpc) is 3.24. The molecule has 0 bridgehead atoms. The standard InChI is InChI=1S/C19H16ClN3OS/c1-11-4-3-5-13-8-15(19(20)21-18(11)13)17-9-16(14-6-7-25-10-14)22-23(17)12(2)24/h3-8,10,17H,9H2,1-2H3. The number of carbonyl (C=O) groups excluding carboxylic acids is 1. The summed E-state index contributed by atoms with van der Waals surface area (Å²) in [6.45, 7) is 3.54. The van der Waals surface area contributed by atoms with E-state index >= 15 is 0 Å². The van der Waals surface area contributed by atoms with E-state index in [-0.39, 0.29) is 11.9 Å². The molecular formula is C19H16ClN3OS. The lowest BCUT2D eigenvalue weighted by Crippen LogP contribution is -2.24. The van der Waals surface area contributed by atoms with Crippen molar-refractivity contribution < 1.29 is 4.79 Å². The number of aromatic nitrogens is 1. The Labute approximate surface area is 154 Å². The summed E-state index contributed by atoms with van der Waals surface area (Å²) < 4.78 is 0. The summed E-state index contributed by atoms with van der Waals surface area (Å²) in [5.74, 6) is -0.101. The van der Waals surface area contributed by atoms with Gasteiger partial charge in [0.2, 0.25) is 5.91 Å². The van der Waals surface area contributed by atoms with Crippen molar-refractivity contribution in [2.45, 2.75) is 26.3 Å². The zero-order chi connectivity index (χ0) is 17.6. The molecule has 3 aromatic rings. The van der Waals surface area contributed by atoms with Gasteiger partial charge in [0.15, 0.2) is 0 Å². The molecule has 0 spiro atoms. The number of thiophene rings is 1. The van der Waals surface area contributed by atoms with Gasteiger partial charge in [-0.1, -0.05) is 29.8 Å². The van der Waals surface area contributed by atoms with Crippen LogP contribution in [0.15, 0.2) is 46.2 Å². The van der Waals surface area contributed by atoms with E-state index in [9.17, 15) is 4.79 Å². The first-order valence-corrected chi connectivity index (χ1v) is 9.32. The lowest BCUT2D eigenvalue weighted by molar-refractivity contribution is -0.130. The first-order chi connectivity index (χ1) is 12.0. The molecule has 4 rings (SSSR count). The van der Waals surface area contributed by atoms with Gasteiger partial charge < -0.3 is 0 Å². The molecule has 0 saturated carbocycles. The topological polar surface area (TPSA) is 45.6 Å². The number of fused-ring (bicyclic) bond motifs is 1. The lowest BCUT2D eigenvalue weighted by atomic mass is 9.99. The summed E-state index contributed by atoms with van der Waals surface area (Å²) in [5, 5.41) is 11.6. The summed E-state index contributed by atoms with van der Waals surface area (Å²) in [4.78, 5) is 16.7. The summed E-state index contributed by atoms with van der Waals surface area (Å²) in [5.41, 5.74) is 4.77. The van der Waals surface area contributed by atoms with Gasteiger partial charge in [-0.25, -0.2) is 9.99 Å². The van der Waals surface area contributed by atoms with Crippen LogP contribution in [0.5, 0.6) is 0 Å². The minimum atomic E-state index is -0.225. The minimum absolute atomic E-state index is 0.101. The molecule has 0 N–H and O–H groups in total. The Hall–Kier alpha value is -2.24. The number of pyridine rings is 1. The quantitative estimate of drug-likeness (QED) is 0.599. The van der Waals surface area contributed by atoms with Gasteiger partial charge in [-0.2, -0.15) is 16.4 Å². The van der Waals surface area contributed by atoms with Crippen LogP contribution >= 0.6 is 22.9 Å². The number of hydrazone groups is 1. The molecule has 0 saturated heterocycles. The third-order valence-corrected chi connectivity index (χ3v) is 5.46. The first kappa shape index (κ1) is 16.2. The fourth-order valence-corrected chi connectivity index (χ4v) is 4.15. The fourth-order valence-electron chi connectivity index (χ4n) is 3.22. The van der Waals surface area contributed by atoms with Gasteiger partial charge in [0.1, 0.15) is 5.15 Å².